The van der Waals surface area contributed by atoms with Gasteiger partial charge < -0.3 is 10.0 Å². The molecule has 0 spiro atoms. The predicted molar refractivity (Wildman–Crippen MR) is 96.6 cm³/mol. The third-order valence-electron chi connectivity index (χ3n) is 6.50. The van der Waals surface area contributed by atoms with Gasteiger partial charge in [0, 0.05) is 12.6 Å². The van der Waals surface area contributed by atoms with Gasteiger partial charge in [0.15, 0.2) is 0 Å². The molecule has 0 bridgehead atoms. The minimum absolute atomic E-state index is 0.0319. The summed E-state index contributed by atoms with van der Waals surface area (Å²) in [4.78, 5) is 14.1. The Balaban J connectivity index is 1.49. The third-order valence-corrected chi connectivity index (χ3v) is 6.90. The molecule has 5 atom stereocenters. The van der Waals surface area contributed by atoms with Crippen LogP contribution in [0.1, 0.15) is 64.7 Å². The Kier molecular flexibility index (Phi) is 5.92. The van der Waals surface area contributed by atoms with E-state index in [1.54, 1.807) is 9.32 Å². The van der Waals surface area contributed by atoms with Gasteiger partial charge in [-0.1, -0.05) is 19.8 Å². The van der Waals surface area contributed by atoms with E-state index >= 15 is 0 Å². The number of rotatable bonds is 6. The molecule has 2 saturated carbocycles. The zero-order valence-electron chi connectivity index (χ0n) is 15.2. The van der Waals surface area contributed by atoms with E-state index in [1.807, 2.05) is 0 Å². The number of aliphatic hydroxyl groups is 1. The molecule has 1 amide bonds. The van der Waals surface area contributed by atoms with E-state index in [2.05, 4.69) is 13.0 Å². The summed E-state index contributed by atoms with van der Waals surface area (Å²) in [5, 5.41) is 19.9. The number of carbonyl (C=O) groups is 1. The standard InChI is InChI=1S/C19H30ClN3O2/c1-2-3-6-19(25)10-14-8-17(9-15(14)11-19)23(20)13-18(24)22-7-4-5-16(22)12-21/h14-17,25H,2-11,13H2,1H3/t14-,15+,16-,17?,19-/m0/s1. The summed E-state index contributed by atoms with van der Waals surface area (Å²) >= 11 is 6.46. The molecule has 25 heavy (non-hydrogen) atoms. The second-order valence-corrected chi connectivity index (χ2v) is 8.75. The summed E-state index contributed by atoms with van der Waals surface area (Å²) in [5.74, 6) is 1.03. The van der Waals surface area contributed by atoms with Gasteiger partial charge >= 0.3 is 0 Å². The van der Waals surface area contributed by atoms with Gasteiger partial charge in [-0.2, -0.15) is 5.26 Å². The molecule has 2 aliphatic carbocycles. The van der Waals surface area contributed by atoms with Gasteiger partial charge in [0.05, 0.1) is 18.2 Å². The number of fused-ring (bicyclic) bond motifs is 1. The zero-order valence-corrected chi connectivity index (χ0v) is 15.9. The van der Waals surface area contributed by atoms with E-state index in [9.17, 15) is 9.90 Å². The maximum atomic E-state index is 12.5. The quantitative estimate of drug-likeness (QED) is 0.732. The molecule has 3 rings (SSSR count). The van der Waals surface area contributed by atoms with Crippen LogP contribution >= 0.6 is 11.8 Å². The Morgan fingerprint density at radius 1 is 1.40 bits per heavy atom. The summed E-state index contributed by atoms with van der Waals surface area (Å²) in [7, 11) is 0. The fraction of sp³-hybridized carbons (Fsp3) is 0.895. The molecular weight excluding hydrogens is 338 g/mol. The van der Waals surface area contributed by atoms with Crippen LogP contribution in [0.25, 0.3) is 0 Å². The zero-order chi connectivity index (χ0) is 18.0. The van der Waals surface area contributed by atoms with Gasteiger partial charge in [-0.05, 0) is 68.6 Å². The van der Waals surface area contributed by atoms with Crippen molar-refractivity contribution >= 4 is 17.7 Å². The normalized spacial score (nSPS) is 37.5. The van der Waals surface area contributed by atoms with Gasteiger partial charge in [-0.15, -0.1) is 0 Å². The van der Waals surface area contributed by atoms with Crippen LogP contribution in [0.3, 0.4) is 0 Å². The van der Waals surface area contributed by atoms with Crippen molar-refractivity contribution in [2.24, 2.45) is 11.8 Å². The Labute approximate surface area is 156 Å². The highest BCUT2D eigenvalue weighted by Crippen LogP contribution is 2.51. The largest absolute Gasteiger partial charge is 0.390 e. The summed E-state index contributed by atoms with van der Waals surface area (Å²) < 4.78 is 1.67. The molecule has 1 N–H and O–H groups in total. The molecule has 6 heteroatoms. The number of hydrogen-bond donors (Lipinski definition) is 1. The smallest absolute Gasteiger partial charge is 0.239 e. The Bertz CT molecular complexity index is 521. The highest BCUT2D eigenvalue weighted by molar-refractivity contribution is 6.14. The second-order valence-electron chi connectivity index (χ2n) is 8.31. The number of carbonyl (C=O) groups excluding carboxylic acids is 1. The molecule has 3 aliphatic rings. The molecule has 140 valence electrons. The minimum atomic E-state index is -0.473. The van der Waals surface area contributed by atoms with Crippen molar-refractivity contribution in [2.75, 3.05) is 13.1 Å². The van der Waals surface area contributed by atoms with Gasteiger partial charge in [-0.25, -0.2) is 4.42 Å². The molecule has 0 aromatic carbocycles. The monoisotopic (exact) mass is 367 g/mol. The van der Waals surface area contributed by atoms with Gasteiger partial charge in [0.25, 0.3) is 0 Å². The topological polar surface area (TPSA) is 67.6 Å². The molecular formula is C19H30ClN3O2. The van der Waals surface area contributed by atoms with Crippen LogP contribution < -0.4 is 0 Å². The van der Waals surface area contributed by atoms with Crippen molar-refractivity contribution in [3.8, 4) is 6.07 Å². The second kappa shape index (κ2) is 7.82. The first-order chi connectivity index (χ1) is 12.0. The lowest BCUT2D eigenvalue weighted by atomic mass is 9.91. The van der Waals surface area contributed by atoms with Gasteiger partial charge in [0.2, 0.25) is 5.91 Å². The van der Waals surface area contributed by atoms with Gasteiger partial charge in [0.1, 0.15) is 6.04 Å². The van der Waals surface area contributed by atoms with Crippen molar-refractivity contribution < 1.29 is 9.90 Å². The number of hydrogen-bond acceptors (Lipinski definition) is 4. The molecule has 0 radical (unpaired) electrons. The highest BCUT2D eigenvalue weighted by atomic mass is 35.5. The maximum Gasteiger partial charge on any atom is 0.239 e. The van der Waals surface area contributed by atoms with Crippen molar-refractivity contribution in [1.29, 1.82) is 5.26 Å². The van der Waals surface area contributed by atoms with E-state index in [-0.39, 0.29) is 24.5 Å². The lowest BCUT2D eigenvalue weighted by Crippen LogP contribution is -2.42. The molecule has 1 aliphatic heterocycles. The van der Waals surface area contributed by atoms with Gasteiger partial charge in [-0.3, -0.25) is 4.79 Å². The minimum Gasteiger partial charge on any atom is -0.390 e. The Morgan fingerprint density at radius 2 is 2.08 bits per heavy atom. The molecule has 1 saturated heterocycles. The SMILES string of the molecule is CCCC[C@@]1(O)C[C@H]2CC(N(Cl)CC(=O)N3CCC[C@H]3C#N)C[C@H]2C1. The molecule has 0 aromatic heterocycles. The van der Waals surface area contributed by atoms with E-state index in [0.717, 1.165) is 57.8 Å². The first-order valence-corrected chi connectivity index (χ1v) is 10.1. The van der Waals surface area contributed by atoms with E-state index in [0.29, 0.717) is 18.4 Å². The van der Waals surface area contributed by atoms with Crippen LogP contribution in [0.4, 0.5) is 0 Å². The number of nitrogens with zero attached hydrogens (tertiary/aromatic N) is 3. The first kappa shape index (κ1) is 18.9. The van der Waals surface area contributed by atoms with Crippen LogP contribution in [-0.4, -0.2) is 51.1 Å². The van der Waals surface area contributed by atoms with E-state index < -0.39 is 5.60 Å². The predicted octanol–water partition coefficient (Wildman–Crippen LogP) is 3.07. The molecule has 5 nitrogen and oxygen atoms in total. The fourth-order valence-corrected chi connectivity index (χ4v) is 5.49. The van der Waals surface area contributed by atoms with Crippen LogP contribution in [0, 0.1) is 23.2 Å². The number of unbranched alkanes of at least 4 members (excludes halogenated alkanes) is 1. The lowest BCUT2D eigenvalue weighted by molar-refractivity contribution is -0.131. The van der Waals surface area contributed by atoms with Crippen molar-refractivity contribution in [2.45, 2.75) is 82.4 Å². The van der Waals surface area contributed by atoms with E-state index in [1.165, 1.54) is 0 Å². The van der Waals surface area contributed by atoms with E-state index in [4.69, 9.17) is 17.0 Å². The van der Waals surface area contributed by atoms with Crippen LogP contribution in [0.2, 0.25) is 0 Å². The molecule has 1 heterocycles. The van der Waals surface area contributed by atoms with Crippen molar-refractivity contribution in [3.63, 3.8) is 0 Å². The molecule has 0 aromatic rings. The maximum absolute atomic E-state index is 12.5. The number of nitriles is 1. The lowest BCUT2D eigenvalue weighted by Gasteiger charge is -2.28. The average Bonchev–Trinajstić information content (AvgIpc) is 3.25. The first-order valence-electron chi connectivity index (χ1n) is 9.79. The van der Waals surface area contributed by atoms with Crippen molar-refractivity contribution in [3.05, 3.63) is 0 Å². The fourth-order valence-electron chi connectivity index (χ4n) is 5.23. The third kappa shape index (κ3) is 4.13. The number of halogens is 1. The molecule has 1 unspecified atom stereocenters. The highest BCUT2D eigenvalue weighted by Gasteiger charge is 2.49. The number of likely N-dealkylation sites (tertiary alicyclic amines) is 1. The molecule has 3 fully saturated rings. The summed E-state index contributed by atoms with van der Waals surface area (Å²) in [5.41, 5.74) is -0.473. The Morgan fingerprint density at radius 3 is 2.68 bits per heavy atom. The van der Waals surface area contributed by atoms with Crippen LogP contribution in [0.5, 0.6) is 0 Å². The summed E-state index contributed by atoms with van der Waals surface area (Å²) in [6, 6.07) is 2.14. The number of amides is 1. The Hall–Kier alpha value is -0.830. The van der Waals surface area contributed by atoms with Crippen LogP contribution in [0.15, 0.2) is 0 Å². The van der Waals surface area contributed by atoms with Crippen molar-refractivity contribution in [1.82, 2.24) is 9.32 Å². The van der Waals surface area contributed by atoms with Crippen LogP contribution in [-0.2, 0) is 4.79 Å². The summed E-state index contributed by atoms with van der Waals surface area (Å²) in [6.07, 6.45) is 8.50. The average molecular weight is 368 g/mol. The summed E-state index contributed by atoms with van der Waals surface area (Å²) in [6.45, 7) is 3.01.